The Balaban J connectivity index is 2.33. The van der Waals surface area contributed by atoms with Gasteiger partial charge in [0.25, 0.3) is 0 Å². The van der Waals surface area contributed by atoms with Gasteiger partial charge < -0.3 is 4.85 Å². The van der Waals surface area contributed by atoms with Crippen molar-refractivity contribution in [1.29, 1.82) is 0 Å². The van der Waals surface area contributed by atoms with Crippen LogP contribution in [0.5, 0.6) is 0 Å². The maximum atomic E-state index is 14.4. The molecular weight excluding hydrogens is 503 g/mol. The molecule has 2 heterocycles. The fraction of sp³-hybridized carbons (Fsp3) is 0.0556. The Morgan fingerprint density at radius 2 is 1.75 bits per heavy atom. The summed E-state index contributed by atoms with van der Waals surface area (Å²) < 4.78 is 80.4. The topological polar surface area (TPSA) is 47.4 Å². The van der Waals surface area contributed by atoms with Crippen LogP contribution in [-0.4, -0.2) is 26.4 Å². The van der Waals surface area contributed by atoms with Crippen LogP contribution in [-0.2, 0) is 6.18 Å². The molecule has 166 valence electrons. The number of alkyl halides is 3. The molecule has 0 saturated carbocycles. The lowest BCUT2D eigenvalue weighted by Gasteiger charge is -2.12. The van der Waals surface area contributed by atoms with Gasteiger partial charge in [0.15, 0.2) is 5.82 Å². The van der Waals surface area contributed by atoms with Gasteiger partial charge in [-0.3, -0.25) is 4.98 Å². The number of hydrogen-bond acceptors (Lipinski definition) is 3. The highest BCUT2D eigenvalue weighted by Crippen LogP contribution is 2.47. The summed E-state index contributed by atoms with van der Waals surface area (Å²) in [5, 5.41) is -0.0451. The van der Waals surface area contributed by atoms with Gasteiger partial charge in [0, 0.05) is 18.6 Å². The van der Waals surface area contributed by atoms with Crippen LogP contribution in [0.4, 0.5) is 37.5 Å². The van der Waals surface area contributed by atoms with E-state index in [1.165, 1.54) is 24.5 Å². The van der Waals surface area contributed by atoms with Crippen LogP contribution in [0.2, 0.25) is 10.0 Å². The van der Waals surface area contributed by atoms with E-state index in [2.05, 4.69) is 19.9 Å². The zero-order valence-corrected chi connectivity index (χ0v) is 17.5. The van der Waals surface area contributed by atoms with E-state index in [9.17, 15) is 25.8 Å². The van der Waals surface area contributed by atoms with E-state index in [0.717, 1.165) is 6.21 Å². The first-order valence-corrected chi connectivity index (χ1v) is 10.0. The zero-order valence-electron chi connectivity index (χ0n) is 15.2. The first kappa shape index (κ1) is 23.8. The Morgan fingerprint density at radius 3 is 2.25 bits per heavy atom. The molecule has 0 aliphatic carbocycles. The number of hydrogen-bond donors (Lipinski definition) is 0. The molecular formula is C18H7Cl2F6N5S. The normalized spacial score (nSPS) is 12.7. The molecule has 1 unspecified atom stereocenters. The quantitative estimate of drug-likeness (QED) is 0.121. The Kier molecular flexibility index (Phi) is 6.92. The number of aromatic nitrogens is 3. The molecule has 0 saturated heterocycles. The van der Waals surface area contributed by atoms with Crippen molar-refractivity contribution in [3.8, 4) is 5.69 Å². The van der Waals surface area contributed by atoms with E-state index in [0.29, 0.717) is 22.4 Å². The van der Waals surface area contributed by atoms with Gasteiger partial charge in [0.05, 0.1) is 26.5 Å². The molecule has 0 aliphatic rings. The molecule has 5 nitrogen and oxygen atoms in total. The molecule has 3 aromatic rings. The van der Waals surface area contributed by atoms with E-state index in [-0.39, 0.29) is 0 Å². The third-order valence-electron chi connectivity index (χ3n) is 3.82. The number of rotatable bonds is 4. The van der Waals surface area contributed by atoms with Gasteiger partial charge in [0.2, 0.25) is 0 Å². The van der Waals surface area contributed by atoms with Gasteiger partial charge in [-0.15, -0.1) is 4.68 Å². The largest absolute Gasteiger partial charge is 0.416 e. The lowest BCUT2D eigenvalue weighted by molar-refractivity contribution is -0.137. The lowest BCUT2D eigenvalue weighted by atomic mass is 10.2. The van der Waals surface area contributed by atoms with Gasteiger partial charge in [-0.2, -0.15) is 25.8 Å². The van der Waals surface area contributed by atoms with Crippen LogP contribution >= 0.6 is 34.1 Å². The van der Waals surface area contributed by atoms with Gasteiger partial charge in [-0.05, 0) is 34.9 Å². The molecule has 0 bridgehead atoms. The molecule has 0 spiro atoms. The maximum Gasteiger partial charge on any atom is 0.416 e. The van der Waals surface area contributed by atoms with E-state index < -0.39 is 60.2 Å². The second-order valence-corrected chi connectivity index (χ2v) is 7.85. The van der Waals surface area contributed by atoms with Gasteiger partial charge in [-0.1, -0.05) is 29.8 Å². The van der Waals surface area contributed by atoms with E-state index >= 15 is 0 Å². The molecule has 14 heteroatoms. The Morgan fingerprint density at radius 1 is 1.16 bits per heavy atom. The summed E-state index contributed by atoms with van der Waals surface area (Å²) in [6.45, 7) is 7.17. The molecule has 0 fully saturated rings. The van der Waals surface area contributed by atoms with Crippen LogP contribution in [0.3, 0.4) is 0 Å². The molecule has 0 aliphatic heterocycles. The second-order valence-electron chi connectivity index (χ2n) is 5.81. The van der Waals surface area contributed by atoms with Crippen LogP contribution in [0.15, 0.2) is 46.5 Å². The highest BCUT2D eigenvalue weighted by molar-refractivity contribution is 8.11. The minimum Gasteiger partial charge on any atom is -0.358 e. The summed E-state index contributed by atoms with van der Waals surface area (Å²) in [5.74, 6) is -1.37. The van der Waals surface area contributed by atoms with Gasteiger partial charge in [-0.25, -0.2) is 4.99 Å². The average molecular weight is 510 g/mol. The zero-order chi connectivity index (χ0) is 23.6. The van der Waals surface area contributed by atoms with Crippen LogP contribution < -0.4 is 0 Å². The molecule has 0 radical (unpaired) electrons. The maximum absolute atomic E-state index is 14.4. The predicted molar refractivity (Wildman–Crippen MR) is 111 cm³/mol. The summed E-state index contributed by atoms with van der Waals surface area (Å²) in [5.41, 5.74) is -1.14. The van der Waals surface area contributed by atoms with Crippen LogP contribution in [0.1, 0.15) is 11.1 Å². The fourth-order valence-corrected chi connectivity index (χ4v) is 3.83. The Labute approximate surface area is 189 Å². The van der Waals surface area contributed by atoms with E-state index in [1.54, 1.807) is 0 Å². The number of halogens is 8. The van der Waals surface area contributed by atoms with Crippen molar-refractivity contribution < 1.29 is 25.8 Å². The number of nitrogens with zero attached hydrogens (tertiary/aromatic N) is 5. The molecule has 2 aromatic heterocycles. The predicted octanol–water partition coefficient (Wildman–Crippen LogP) is 7.43. The molecule has 0 N–H and O–H groups in total. The summed E-state index contributed by atoms with van der Waals surface area (Å²) in [6, 6.07) is 4.06. The molecule has 3 rings (SSSR count). The third-order valence-corrected chi connectivity index (χ3v) is 5.39. The first-order chi connectivity index (χ1) is 15.0. The van der Waals surface area contributed by atoms with Crippen LogP contribution in [0.25, 0.3) is 10.5 Å². The monoisotopic (exact) mass is 509 g/mol. The summed E-state index contributed by atoms with van der Waals surface area (Å²) in [7, 11) is -3.36. The Bertz CT molecular complexity index is 1250. The van der Waals surface area contributed by atoms with Crippen molar-refractivity contribution in [3.63, 3.8) is 0 Å². The number of aliphatic imine (C=N–C) groups is 1. The third kappa shape index (κ3) is 4.79. The SMILES string of the molecule is [C-]#[N+]c1nn(-c2c(Cl)cc(C(F)(F)F)cc2Cl)c(N=Cc2ccncc2)c1S(F)=C(F)F. The van der Waals surface area contributed by atoms with Crippen molar-refractivity contribution in [2.24, 2.45) is 4.99 Å². The lowest BCUT2D eigenvalue weighted by Crippen LogP contribution is -2.07. The van der Waals surface area contributed by atoms with Crippen molar-refractivity contribution in [2.45, 2.75) is 11.1 Å². The van der Waals surface area contributed by atoms with Crippen molar-refractivity contribution in [2.75, 3.05) is 0 Å². The minimum atomic E-state index is -4.77. The van der Waals surface area contributed by atoms with Crippen LogP contribution in [0, 0.1) is 6.57 Å². The standard InChI is InChI=1S/C18H7Cl2F6N5S/c1-27-15-14(32(26)17(21)22)16(29-8-9-2-4-28-5-3-9)31(30-15)13-11(19)6-10(7-12(13)20)18(23,24)25/h2-8H. The Hall–Kier alpha value is -2.88. The summed E-state index contributed by atoms with van der Waals surface area (Å²) in [6.07, 6.45) is -0.820. The van der Waals surface area contributed by atoms with Crippen molar-refractivity contribution in [3.05, 3.63) is 69.2 Å². The molecule has 32 heavy (non-hydrogen) atoms. The van der Waals surface area contributed by atoms with Crippen molar-refractivity contribution in [1.82, 2.24) is 14.8 Å². The van der Waals surface area contributed by atoms with Gasteiger partial charge >= 0.3 is 17.4 Å². The second kappa shape index (κ2) is 9.32. The smallest absolute Gasteiger partial charge is 0.358 e. The molecule has 1 aromatic carbocycles. The first-order valence-electron chi connectivity index (χ1n) is 8.14. The highest BCUT2D eigenvalue weighted by atomic mass is 35.5. The highest BCUT2D eigenvalue weighted by Gasteiger charge is 2.34. The summed E-state index contributed by atoms with van der Waals surface area (Å²) >= 11 is 12.0. The van der Waals surface area contributed by atoms with Gasteiger partial charge in [0.1, 0.15) is 10.6 Å². The van der Waals surface area contributed by atoms with E-state index in [4.69, 9.17) is 29.8 Å². The average Bonchev–Trinajstić information content (AvgIpc) is 3.09. The molecule has 0 amide bonds. The molecule has 1 atom stereocenters. The fourth-order valence-electron chi connectivity index (χ4n) is 2.48. The summed E-state index contributed by atoms with van der Waals surface area (Å²) in [4.78, 5) is 9.84. The van der Waals surface area contributed by atoms with E-state index in [1.807, 2.05) is 0 Å². The number of benzene rings is 1. The minimum absolute atomic E-state index is 0.393. The number of pyridine rings is 1. The van der Waals surface area contributed by atoms with Crippen molar-refractivity contribution >= 4 is 57.3 Å².